The number of hydrogen-bond acceptors (Lipinski definition) is 1. The molecular formula is C11H16O. The van der Waals surface area contributed by atoms with Crippen LogP contribution in [-0.2, 0) is 4.74 Å². The zero-order chi connectivity index (χ0) is 8.81. The third kappa shape index (κ3) is 2.98. The van der Waals surface area contributed by atoms with Crippen molar-refractivity contribution in [1.29, 1.82) is 0 Å². The first-order valence-corrected chi connectivity index (χ1v) is 4.56. The van der Waals surface area contributed by atoms with Gasteiger partial charge in [0.25, 0.3) is 0 Å². The average Bonchev–Trinajstić information content (AvgIpc) is 2.26. The van der Waals surface area contributed by atoms with Gasteiger partial charge in [-0.2, -0.15) is 0 Å². The summed E-state index contributed by atoms with van der Waals surface area (Å²) < 4.78 is 5.64. The number of rotatable bonds is 1. The van der Waals surface area contributed by atoms with Crippen molar-refractivity contribution in [2.45, 2.75) is 38.7 Å². The molecule has 1 aliphatic heterocycles. The van der Waals surface area contributed by atoms with Crippen LogP contribution in [0.3, 0.4) is 0 Å². The smallest absolute Gasteiger partial charge is 0.138 e. The molecular weight excluding hydrogens is 148 g/mol. The van der Waals surface area contributed by atoms with Crippen LogP contribution >= 0.6 is 0 Å². The van der Waals surface area contributed by atoms with Crippen molar-refractivity contribution in [2.75, 3.05) is 0 Å². The molecule has 1 saturated heterocycles. The van der Waals surface area contributed by atoms with Gasteiger partial charge in [-0.1, -0.05) is 18.4 Å². The van der Waals surface area contributed by atoms with E-state index in [0.717, 1.165) is 12.2 Å². The standard InChI is InChI=1S/C11H16O/c1-3-4-8-11-9-6-5-7-10(2)12-11/h3-4,10H,1,5-7,9H2,2H3. The maximum Gasteiger partial charge on any atom is 0.138 e. The molecule has 66 valence electrons. The highest BCUT2D eigenvalue weighted by atomic mass is 16.5. The highest BCUT2D eigenvalue weighted by molar-refractivity contribution is 5.02. The fraction of sp³-hybridized carbons (Fsp3) is 0.545. The van der Waals surface area contributed by atoms with Crippen LogP contribution in [0.1, 0.15) is 32.6 Å². The molecule has 0 aliphatic carbocycles. The van der Waals surface area contributed by atoms with E-state index in [1.807, 2.05) is 6.08 Å². The van der Waals surface area contributed by atoms with Gasteiger partial charge >= 0.3 is 0 Å². The van der Waals surface area contributed by atoms with E-state index >= 15 is 0 Å². The first kappa shape index (κ1) is 9.15. The van der Waals surface area contributed by atoms with Crippen LogP contribution in [0, 0.1) is 0 Å². The Morgan fingerprint density at radius 1 is 1.58 bits per heavy atom. The Balaban J connectivity index is 2.63. The highest BCUT2D eigenvalue weighted by Gasteiger charge is 2.10. The summed E-state index contributed by atoms with van der Waals surface area (Å²) in [5.74, 6) is 0.986. The molecule has 1 fully saturated rings. The van der Waals surface area contributed by atoms with Crippen LogP contribution in [0.4, 0.5) is 0 Å². The minimum atomic E-state index is 0.355. The van der Waals surface area contributed by atoms with Crippen LogP contribution in [0.15, 0.2) is 30.2 Å². The van der Waals surface area contributed by atoms with Crippen LogP contribution in [0.2, 0.25) is 0 Å². The van der Waals surface area contributed by atoms with Crippen molar-refractivity contribution in [3.05, 3.63) is 30.2 Å². The fourth-order valence-corrected chi connectivity index (χ4v) is 1.34. The van der Waals surface area contributed by atoms with Gasteiger partial charge in [0.1, 0.15) is 5.76 Å². The molecule has 0 spiro atoms. The molecule has 1 unspecified atom stereocenters. The normalized spacial score (nSPS) is 23.4. The van der Waals surface area contributed by atoms with Gasteiger partial charge in [0.15, 0.2) is 0 Å². The molecule has 0 N–H and O–H groups in total. The first-order valence-electron chi connectivity index (χ1n) is 4.56. The second-order valence-electron chi connectivity index (χ2n) is 3.14. The Morgan fingerprint density at radius 2 is 2.42 bits per heavy atom. The Morgan fingerprint density at radius 3 is 3.17 bits per heavy atom. The molecule has 12 heavy (non-hydrogen) atoms. The Bertz CT molecular complexity index is 209. The second kappa shape index (κ2) is 4.84. The van der Waals surface area contributed by atoms with Gasteiger partial charge in [-0.3, -0.25) is 0 Å². The van der Waals surface area contributed by atoms with Crippen LogP contribution < -0.4 is 0 Å². The first-order chi connectivity index (χ1) is 5.83. The maximum atomic E-state index is 5.64. The lowest BCUT2D eigenvalue weighted by atomic mass is 10.1. The molecule has 1 atom stereocenters. The quantitative estimate of drug-likeness (QED) is 0.427. The molecule has 1 heterocycles. The number of allylic oxidation sites excluding steroid dienone is 2. The predicted octanol–water partition coefficient (Wildman–Crippen LogP) is 3.19. The minimum Gasteiger partial charge on any atom is -0.487 e. The lowest BCUT2D eigenvalue weighted by molar-refractivity contribution is 0.130. The van der Waals surface area contributed by atoms with Crippen molar-refractivity contribution in [3.8, 4) is 0 Å². The number of hydrogen-bond donors (Lipinski definition) is 0. The SMILES string of the molecule is C=CC=C=C1CCCCC(C)O1. The van der Waals surface area contributed by atoms with E-state index in [9.17, 15) is 0 Å². The van der Waals surface area contributed by atoms with Crippen LogP contribution in [-0.4, -0.2) is 6.10 Å². The fourth-order valence-electron chi connectivity index (χ4n) is 1.34. The van der Waals surface area contributed by atoms with E-state index < -0.39 is 0 Å². The third-order valence-electron chi connectivity index (χ3n) is 1.97. The van der Waals surface area contributed by atoms with Crippen LogP contribution in [0.25, 0.3) is 0 Å². The number of ether oxygens (including phenoxy) is 1. The van der Waals surface area contributed by atoms with Gasteiger partial charge in [-0.05, 0) is 32.3 Å². The Kier molecular flexibility index (Phi) is 3.69. The van der Waals surface area contributed by atoms with Gasteiger partial charge in [-0.25, -0.2) is 0 Å². The van der Waals surface area contributed by atoms with Crippen molar-refractivity contribution in [3.63, 3.8) is 0 Å². The Hall–Kier alpha value is -0.940. The minimum absolute atomic E-state index is 0.355. The zero-order valence-electron chi connectivity index (χ0n) is 7.68. The topological polar surface area (TPSA) is 9.23 Å². The van der Waals surface area contributed by atoms with Crippen molar-refractivity contribution >= 4 is 0 Å². The molecule has 0 aromatic heterocycles. The van der Waals surface area contributed by atoms with Crippen molar-refractivity contribution < 1.29 is 4.74 Å². The Labute approximate surface area is 74.4 Å². The summed E-state index contributed by atoms with van der Waals surface area (Å²) in [6, 6.07) is 0. The molecule has 1 heteroatoms. The van der Waals surface area contributed by atoms with Crippen molar-refractivity contribution in [1.82, 2.24) is 0 Å². The zero-order valence-corrected chi connectivity index (χ0v) is 7.68. The summed E-state index contributed by atoms with van der Waals surface area (Å²) >= 11 is 0. The summed E-state index contributed by atoms with van der Waals surface area (Å²) in [7, 11) is 0. The maximum absolute atomic E-state index is 5.64. The van der Waals surface area contributed by atoms with Crippen LogP contribution in [0.5, 0.6) is 0 Å². The van der Waals surface area contributed by atoms with Gasteiger partial charge in [0.2, 0.25) is 0 Å². The summed E-state index contributed by atoms with van der Waals surface area (Å²) in [4.78, 5) is 0. The van der Waals surface area contributed by atoms with E-state index in [1.54, 1.807) is 6.08 Å². The molecule has 0 amide bonds. The summed E-state index contributed by atoms with van der Waals surface area (Å²) in [6.07, 6.45) is 8.57. The molecule has 1 nitrogen and oxygen atoms in total. The molecule has 1 aliphatic rings. The summed E-state index contributed by atoms with van der Waals surface area (Å²) in [5.41, 5.74) is 3.09. The molecule has 0 aromatic rings. The predicted molar refractivity (Wildman–Crippen MR) is 50.8 cm³/mol. The van der Waals surface area contributed by atoms with E-state index in [1.165, 1.54) is 19.3 Å². The van der Waals surface area contributed by atoms with Gasteiger partial charge in [0, 0.05) is 6.42 Å². The molecule has 0 aromatic carbocycles. The highest BCUT2D eigenvalue weighted by Crippen LogP contribution is 2.19. The van der Waals surface area contributed by atoms with E-state index in [-0.39, 0.29) is 0 Å². The van der Waals surface area contributed by atoms with Gasteiger partial charge in [-0.15, -0.1) is 0 Å². The third-order valence-corrected chi connectivity index (χ3v) is 1.97. The largest absolute Gasteiger partial charge is 0.487 e. The molecule has 1 rings (SSSR count). The van der Waals surface area contributed by atoms with E-state index in [4.69, 9.17) is 4.74 Å². The van der Waals surface area contributed by atoms with E-state index in [0.29, 0.717) is 6.10 Å². The molecule has 0 saturated carbocycles. The van der Waals surface area contributed by atoms with E-state index in [2.05, 4.69) is 19.2 Å². The van der Waals surface area contributed by atoms with Gasteiger partial charge in [0.05, 0.1) is 6.10 Å². The summed E-state index contributed by atoms with van der Waals surface area (Å²) in [6.45, 7) is 5.71. The molecule has 0 radical (unpaired) electrons. The monoisotopic (exact) mass is 164 g/mol. The lowest BCUT2D eigenvalue weighted by Crippen LogP contribution is -2.03. The average molecular weight is 164 g/mol. The van der Waals surface area contributed by atoms with Gasteiger partial charge < -0.3 is 4.74 Å². The summed E-state index contributed by atoms with van der Waals surface area (Å²) in [5, 5.41) is 0. The van der Waals surface area contributed by atoms with Crippen molar-refractivity contribution in [2.24, 2.45) is 0 Å². The lowest BCUT2D eigenvalue weighted by Gasteiger charge is -2.10. The second-order valence-corrected chi connectivity index (χ2v) is 3.14. The molecule has 0 bridgehead atoms.